The van der Waals surface area contributed by atoms with Gasteiger partial charge in [0.15, 0.2) is 0 Å². The van der Waals surface area contributed by atoms with Crippen molar-refractivity contribution < 1.29 is 8.42 Å². The van der Waals surface area contributed by atoms with E-state index in [9.17, 15) is 8.42 Å². The molecule has 0 radical (unpaired) electrons. The van der Waals surface area contributed by atoms with Gasteiger partial charge in [-0.15, -0.1) is 0 Å². The molecule has 0 bridgehead atoms. The fraction of sp³-hybridized carbons (Fsp3) is 0.455. The van der Waals surface area contributed by atoms with E-state index in [0.29, 0.717) is 11.4 Å². The van der Waals surface area contributed by atoms with E-state index in [1.165, 1.54) is 11.4 Å². The topological polar surface area (TPSA) is 110 Å². The highest BCUT2D eigenvalue weighted by atomic mass is 32.2. The van der Waals surface area contributed by atoms with Crippen LogP contribution in [0.15, 0.2) is 17.3 Å². The molecule has 2 rings (SSSR count). The molecule has 0 aliphatic carbocycles. The Morgan fingerprint density at radius 2 is 2.20 bits per heavy atom. The number of sulfonamides is 1. The van der Waals surface area contributed by atoms with Gasteiger partial charge in [0.25, 0.3) is 0 Å². The second-order valence-electron chi connectivity index (χ2n) is 4.61. The predicted octanol–water partition coefficient (Wildman–Crippen LogP) is -0.269. The van der Waals surface area contributed by atoms with E-state index in [1.807, 2.05) is 0 Å². The van der Waals surface area contributed by atoms with Crippen molar-refractivity contribution >= 4 is 10.0 Å². The quantitative estimate of drug-likeness (QED) is 0.789. The maximum Gasteiger partial charge on any atom is 0.246 e. The summed E-state index contributed by atoms with van der Waals surface area (Å²) < 4.78 is 28.1. The van der Waals surface area contributed by atoms with Crippen LogP contribution in [-0.2, 0) is 30.2 Å². The van der Waals surface area contributed by atoms with Crippen molar-refractivity contribution in [3.8, 4) is 0 Å². The summed E-state index contributed by atoms with van der Waals surface area (Å²) >= 11 is 0. The summed E-state index contributed by atoms with van der Waals surface area (Å²) in [6.45, 7) is 1.97. The fourth-order valence-corrected chi connectivity index (χ4v) is 3.49. The monoisotopic (exact) mass is 298 g/mol. The lowest BCUT2D eigenvalue weighted by Gasteiger charge is -2.16. The van der Waals surface area contributed by atoms with Crippen molar-refractivity contribution in [2.45, 2.75) is 24.9 Å². The molecule has 0 unspecified atom stereocenters. The summed E-state index contributed by atoms with van der Waals surface area (Å²) in [5.41, 5.74) is 7.19. The van der Waals surface area contributed by atoms with Crippen LogP contribution in [0.5, 0.6) is 0 Å². The molecule has 0 aliphatic rings. The molecular formula is C11H18N6O2S. The Morgan fingerprint density at radius 3 is 2.75 bits per heavy atom. The third-order valence-corrected chi connectivity index (χ3v) is 4.99. The predicted molar refractivity (Wildman–Crippen MR) is 73.1 cm³/mol. The smallest absolute Gasteiger partial charge is 0.246 e. The number of nitrogens with zero attached hydrogens (tertiary/aromatic N) is 4. The number of nitrogens with one attached hydrogen (secondary N) is 1. The first-order valence-electron chi connectivity index (χ1n) is 6.04. The summed E-state index contributed by atoms with van der Waals surface area (Å²) in [5, 5.41) is 10.6. The van der Waals surface area contributed by atoms with Crippen molar-refractivity contribution in [3.05, 3.63) is 29.3 Å². The van der Waals surface area contributed by atoms with Crippen LogP contribution in [0.4, 0.5) is 0 Å². The van der Waals surface area contributed by atoms with Crippen LogP contribution >= 0.6 is 0 Å². The molecule has 0 saturated heterocycles. The van der Waals surface area contributed by atoms with Gasteiger partial charge in [-0.2, -0.15) is 14.5 Å². The zero-order valence-corrected chi connectivity index (χ0v) is 12.5. The highest BCUT2D eigenvalue weighted by Crippen LogP contribution is 2.22. The van der Waals surface area contributed by atoms with Gasteiger partial charge in [0, 0.05) is 38.9 Å². The molecule has 8 nitrogen and oxygen atoms in total. The highest BCUT2D eigenvalue weighted by Gasteiger charge is 2.28. The first-order valence-corrected chi connectivity index (χ1v) is 7.48. The minimum atomic E-state index is -3.64. The summed E-state index contributed by atoms with van der Waals surface area (Å²) in [6, 6.07) is 0. The van der Waals surface area contributed by atoms with Gasteiger partial charge in [-0.25, -0.2) is 8.42 Å². The second kappa shape index (κ2) is 5.35. The van der Waals surface area contributed by atoms with Crippen molar-refractivity contribution in [2.24, 2.45) is 12.8 Å². The number of aryl methyl sites for hydroxylation is 2. The van der Waals surface area contributed by atoms with Gasteiger partial charge in [-0.1, -0.05) is 0 Å². The summed E-state index contributed by atoms with van der Waals surface area (Å²) in [7, 11) is -0.330. The van der Waals surface area contributed by atoms with Gasteiger partial charge in [0.05, 0.1) is 17.6 Å². The summed E-state index contributed by atoms with van der Waals surface area (Å²) in [4.78, 5) is 0.159. The molecular weight excluding hydrogens is 280 g/mol. The van der Waals surface area contributed by atoms with E-state index in [-0.39, 0.29) is 18.0 Å². The molecule has 0 atom stereocenters. The van der Waals surface area contributed by atoms with Crippen LogP contribution in [0.25, 0.3) is 0 Å². The average molecular weight is 298 g/mol. The number of nitrogens with two attached hydrogens (primary N) is 1. The van der Waals surface area contributed by atoms with Crippen LogP contribution in [0, 0.1) is 6.92 Å². The minimum absolute atomic E-state index is 0.0691. The van der Waals surface area contributed by atoms with Crippen LogP contribution in [0.1, 0.15) is 17.0 Å². The zero-order chi connectivity index (χ0) is 14.9. The summed E-state index contributed by atoms with van der Waals surface area (Å²) in [6.07, 6.45) is 3.41. The molecule has 0 spiro atoms. The molecule has 0 aromatic carbocycles. The van der Waals surface area contributed by atoms with E-state index in [2.05, 4.69) is 15.3 Å². The van der Waals surface area contributed by atoms with Crippen molar-refractivity contribution in [3.63, 3.8) is 0 Å². The average Bonchev–Trinajstić information content (AvgIpc) is 2.95. The fourth-order valence-electron chi connectivity index (χ4n) is 2.00. The molecule has 3 N–H and O–H groups in total. The van der Waals surface area contributed by atoms with Crippen molar-refractivity contribution in [1.82, 2.24) is 24.3 Å². The SMILES string of the molecule is Cc1[nH]nc(CN)c1S(=O)(=O)N(C)Cc1cnn(C)c1. The highest BCUT2D eigenvalue weighted by molar-refractivity contribution is 7.89. The lowest BCUT2D eigenvalue weighted by molar-refractivity contribution is 0.465. The van der Waals surface area contributed by atoms with Gasteiger partial charge >= 0.3 is 0 Å². The maximum absolute atomic E-state index is 12.6. The van der Waals surface area contributed by atoms with Gasteiger partial charge in [0.1, 0.15) is 4.90 Å². The molecule has 0 aliphatic heterocycles. The molecule has 9 heteroatoms. The lowest BCUT2D eigenvalue weighted by Crippen LogP contribution is -2.27. The lowest BCUT2D eigenvalue weighted by atomic mass is 10.4. The third kappa shape index (κ3) is 2.60. The number of aromatic amines is 1. The van der Waals surface area contributed by atoms with Crippen LogP contribution < -0.4 is 5.73 Å². The Bertz CT molecular complexity index is 702. The Hall–Kier alpha value is -1.71. The van der Waals surface area contributed by atoms with E-state index in [1.54, 1.807) is 31.0 Å². The second-order valence-corrected chi connectivity index (χ2v) is 6.59. The Morgan fingerprint density at radius 1 is 1.50 bits per heavy atom. The zero-order valence-electron chi connectivity index (χ0n) is 11.7. The standard InChI is InChI=1S/C11H18N6O2S/c1-8-11(10(4-12)15-14-8)20(18,19)17(3)7-9-5-13-16(2)6-9/h5-6H,4,7,12H2,1-3H3,(H,14,15). The molecule has 0 saturated carbocycles. The van der Waals surface area contributed by atoms with Crippen molar-refractivity contribution in [1.29, 1.82) is 0 Å². The van der Waals surface area contributed by atoms with E-state index >= 15 is 0 Å². The number of aromatic nitrogens is 4. The molecule has 0 amide bonds. The van der Waals surface area contributed by atoms with E-state index < -0.39 is 10.0 Å². The number of rotatable bonds is 5. The number of H-pyrrole nitrogens is 1. The normalized spacial score (nSPS) is 12.2. The molecule has 2 aromatic rings. The Balaban J connectivity index is 2.32. The van der Waals surface area contributed by atoms with Gasteiger partial charge in [-0.05, 0) is 6.92 Å². The van der Waals surface area contributed by atoms with Crippen LogP contribution in [0.2, 0.25) is 0 Å². The number of hydrogen-bond acceptors (Lipinski definition) is 5. The largest absolute Gasteiger partial charge is 0.325 e. The van der Waals surface area contributed by atoms with Gasteiger partial charge < -0.3 is 5.73 Å². The van der Waals surface area contributed by atoms with Crippen LogP contribution in [-0.4, -0.2) is 39.7 Å². The minimum Gasteiger partial charge on any atom is -0.325 e. The summed E-state index contributed by atoms with van der Waals surface area (Å²) in [5.74, 6) is 0. The van der Waals surface area contributed by atoms with Crippen molar-refractivity contribution in [2.75, 3.05) is 7.05 Å². The molecule has 20 heavy (non-hydrogen) atoms. The Kier molecular flexibility index (Phi) is 3.93. The van der Waals surface area contributed by atoms with Crippen LogP contribution in [0.3, 0.4) is 0 Å². The molecule has 2 heterocycles. The molecule has 110 valence electrons. The maximum atomic E-state index is 12.6. The van der Waals surface area contributed by atoms with E-state index in [0.717, 1.165) is 5.56 Å². The molecule has 2 aromatic heterocycles. The van der Waals surface area contributed by atoms with Gasteiger partial charge in [-0.3, -0.25) is 9.78 Å². The molecule has 0 fully saturated rings. The first kappa shape index (κ1) is 14.7. The Labute approximate surface area is 117 Å². The number of hydrogen-bond donors (Lipinski definition) is 2. The first-order chi connectivity index (χ1) is 9.36. The third-order valence-electron chi connectivity index (χ3n) is 2.99. The van der Waals surface area contributed by atoms with E-state index in [4.69, 9.17) is 5.73 Å². The van der Waals surface area contributed by atoms with Gasteiger partial charge in [0.2, 0.25) is 10.0 Å².